The van der Waals surface area contributed by atoms with Crippen LogP contribution in [-0.2, 0) is 0 Å². The molecule has 0 amide bonds. The number of hydrogen-bond acceptors (Lipinski definition) is 5. The second-order valence-corrected chi connectivity index (χ2v) is 4.39. The minimum atomic E-state index is -1.12. The van der Waals surface area contributed by atoms with E-state index < -0.39 is 35.8 Å². The monoisotopic (exact) mass is 204 g/mol. The summed E-state index contributed by atoms with van der Waals surface area (Å²) >= 11 is 0. The molecule has 0 saturated heterocycles. The Hall–Kier alpha value is -0.200. The standard InChI is InChI=1S/C9H20N2O3/c1-3-9(2)7(11)5(12)4(10)6(13)8(9)14/h4-8,12-14H,3,10-11H2,1-2H3/t4-,5?,6?,7+,8-,9?/m1/s1. The molecule has 84 valence electrons. The van der Waals surface area contributed by atoms with Gasteiger partial charge in [-0.1, -0.05) is 13.8 Å². The van der Waals surface area contributed by atoms with Gasteiger partial charge in [-0.2, -0.15) is 0 Å². The Bertz CT molecular complexity index is 196. The third-order valence-electron chi connectivity index (χ3n) is 3.68. The highest BCUT2D eigenvalue weighted by molar-refractivity contribution is 5.07. The SMILES string of the molecule is CCC1(C)[C@H](O)C(O)[C@H](N)C(O)[C@@H]1N. The van der Waals surface area contributed by atoms with Crippen LogP contribution in [0.4, 0.5) is 0 Å². The van der Waals surface area contributed by atoms with Crippen LogP contribution < -0.4 is 11.5 Å². The summed E-state index contributed by atoms with van der Waals surface area (Å²) in [6.45, 7) is 3.61. The maximum absolute atomic E-state index is 9.83. The maximum Gasteiger partial charge on any atom is 0.0981 e. The minimum Gasteiger partial charge on any atom is -0.390 e. The van der Waals surface area contributed by atoms with Crippen molar-refractivity contribution in [2.24, 2.45) is 16.9 Å². The summed E-state index contributed by atoms with van der Waals surface area (Å²) < 4.78 is 0. The zero-order chi connectivity index (χ0) is 11.1. The van der Waals surface area contributed by atoms with Crippen LogP contribution in [0.3, 0.4) is 0 Å². The molecule has 6 atom stereocenters. The second-order valence-electron chi connectivity index (χ2n) is 4.39. The largest absolute Gasteiger partial charge is 0.390 e. The van der Waals surface area contributed by atoms with Crippen molar-refractivity contribution in [2.75, 3.05) is 0 Å². The molecule has 0 radical (unpaired) electrons. The molecule has 1 aliphatic carbocycles. The average Bonchev–Trinajstić information content (AvgIpc) is 2.21. The van der Waals surface area contributed by atoms with E-state index in [9.17, 15) is 15.3 Å². The molecule has 0 aromatic rings. The minimum absolute atomic E-state index is 0.580. The maximum atomic E-state index is 9.83. The van der Waals surface area contributed by atoms with E-state index in [2.05, 4.69) is 0 Å². The Morgan fingerprint density at radius 3 is 2.07 bits per heavy atom. The van der Waals surface area contributed by atoms with Gasteiger partial charge in [0.05, 0.1) is 24.4 Å². The predicted octanol–water partition coefficient (Wildman–Crippen LogP) is -1.85. The first-order valence-electron chi connectivity index (χ1n) is 4.91. The van der Waals surface area contributed by atoms with Crippen LogP contribution in [0.2, 0.25) is 0 Å². The van der Waals surface area contributed by atoms with Gasteiger partial charge in [0.2, 0.25) is 0 Å². The molecule has 0 spiro atoms. The molecule has 1 fully saturated rings. The highest BCUT2D eigenvalue weighted by atomic mass is 16.3. The number of nitrogens with two attached hydrogens (primary N) is 2. The van der Waals surface area contributed by atoms with E-state index in [0.717, 1.165) is 0 Å². The first-order valence-corrected chi connectivity index (χ1v) is 4.91. The Labute approximate surface area is 83.7 Å². The first kappa shape index (κ1) is 11.9. The van der Waals surface area contributed by atoms with E-state index in [1.807, 2.05) is 6.92 Å². The molecule has 0 aromatic heterocycles. The van der Waals surface area contributed by atoms with Crippen molar-refractivity contribution in [1.82, 2.24) is 0 Å². The summed E-state index contributed by atoms with van der Waals surface area (Å²) in [7, 11) is 0. The quantitative estimate of drug-likeness (QED) is 0.344. The molecule has 7 N–H and O–H groups in total. The molecule has 5 heteroatoms. The fourth-order valence-electron chi connectivity index (χ4n) is 2.07. The highest BCUT2D eigenvalue weighted by Crippen LogP contribution is 2.37. The molecular formula is C9H20N2O3. The highest BCUT2D eigenvalue weighted by Gasteiger charge is 2.52. The molecule has 0 aliphatic heterocycles. The van der Waals surface area contributed by atoms with Gasteiger partial charge in [0.15, 0.2) is 0 Å². The van der Waals surface area contributed by atoms with Crippen molar-refractivity contribution in [3.05, 3.63) is 0 Å². The zero-order valence-corrected chi connectivity index (χ0v) is 8.59. The normalized spacial score (nSPS) is 54.6. The fraction of sp³-hybridized carbons (Fsp3) is 1.00. The van der Waals surface area contributed by atoms with E-state index in [1.54, 1.807) is 6.92 Å². The molecule has 3 unspecified atom stereocenters. The molecule has 14 heavy (non-hydrogen) atoms. The van der Waals surface area contributed by atoms with E-state index in [1.165, 1.54) is 0 Å². The van der Waals surface area contributed by atoms with Crippen LogP contribution in [0.1, 0.15) is 20.3 Å². The van der Waals surface area contributed by atoms with Crippen molar-refractivity contribution in [2.45, 2.75) is 50.7 Å². The Morgan fingerprint density at radius 2 is 1.64 bits per heavy atom. The lowest BCUT2D eigenvalue weighted by atomic mass is 9.64. The lowest BCUT2D eigenvalue weighted by Gasteiger charge is -2.50. The van der Waals surface area contributed by atoms with Crippen molar-refractivity contribution >= 4 is 0 Å². The molecule has 1 saturated carbocycles. The summed E-state index contributed by atoms with van der Waals surface area (Å²) in [5, 5.41) is 29.1. The summed E-state index contributed by atoms with van der Waals surface area (Å²) in [5.74, 6) is 0. The molecule has 0 heterocycles. The molecule has 1 aliphatic rings. The van der Waals surface area contributed by atoms with Crippen LogP contribution in [0, 0.1) is 5.41 Å². The van der Waals surface area contributed by atoms with E-state index in [4.69, 9.17) is 11.5 Å². The molecule has 1 rings (SSSR count). The van der Waals surface area contributed by atoms with Crippen LogP contribution in [0.15, 0.2) is 0 Å². The van der Waals surface area contributed by atoms with Gasteiger partial charge >= 0.3 is 0 Å². The fourth-order valence-corrected chi connectivity index (χ4v) is 2.07. The van der Waals surface area contributed by atoms with Gasteiger partial charge in [0.25, 0.3) is 0 Å². The topological polar surface area (TPSA) is 113 Å². The zero-order valence-electron chi connectivity index (χ0n) is 8.59. The van der Waals surface area contributed by atoms with E-state index in [-0.39, 0.29) is 0 Å². The van der Waals surface area contributed by atoms with Crippen LogP contribution in [-0.4, -0.2) is 45.7 Å². The van der Waals surface area contributed by atoms with Gasteiger partial charge in [-0.05, 0) is 6.42 Å². The van der Waals surface area contributed by atoms with Crippen molar-refractivity contribution in [3.8, 4) is 0 Å². The molecule has 0 bridgehead atoms. The van der Waals surface area contributed by atoms with Gasteiger partial charge < -0.3 is 26.8 Å². The summed E-state index contributed by atoms with van der Waals surface area (Å²) in [6.07, 6.45) is -2.50. The smallest absolute Gasteiger partial charge is 0.0981 e. The summed E-state index contributed by atoms with van der Waals surface area (Å²) in [6, 6.07) is -1.49. The Kier molecular flexibility index (Phi) is 3.18. The van der Waals surface area contributed by atoms with Gasteiger partial charge in [0.1, 0.15) is 0 Å². The summed E-state index contributed by atoms with van der Waals surface area (Å²) in [4.78, 5) is 0. The first-order chi connectivity index (χ1) is 6.36. The summed E-state index contributed by atoms with van der Waals surface area (Å²) in [5.41, 5.74) is 10.7. The number of hydrogen-bond donors (Lipinski definition) is 5. The lowest BCUT2D eigenvalue weighted by Crippen LogP contribution is -2.70. The third-order valence-corrected chi connectivity index (χ3v) is 3.68. The van der Waals surface area contributed by atoms with Gasteiger partial charge in [-0.15, -0.1) is 0 Å². The van der Waals surface area contributed by atoms with Crippen molar-refractivity contribution in [1.29, 1.82) is 0 Å². The lowest BCUT2D eigenvalue weighted by molar-refractivity contribution is -0.146. The van der Waals surface area contributed by atoms with Crippen LogP contribution >= 0.6 is 0 Å². The van der Waals surface area contributed by atoms with E-state index in [0.29, 0.717) is 6.42 Å². The number of aliphatic hydroxyl groups excluding tert-OH is 3. The molecule has 0 aromatic carbocycles. The Morgan fingerprint density at radius 1 is 1.14 bits per heavy atom. The Balaban J connectivity index is 2.98. The molecular weight excluding hydrogens is 184 g/mol. The van der Waals surface area contributed by atoms with Crippen molar-refractivity contribution < 1.29 is 15.3 Å². The van der Waals surface area contributed by atoms with Gasteiger partial charge in [-0.25, -0.2) is 0 Å². The van der Waals surface area contributed by atoms with E-state index >= 15 is 0 Å². The van der Waals surface area contributed by atoms with Crippen LogP contribution in [0.25, 0.3) is 0 Å². The van der Waals surface area contributed by atoms with Gasteiger partial charge in [0, 0.05) is 11.5 Å². The van der Waals surface area contributed by atoms with Crippen molar-refractivity contribution in [3.63, 3.8) is 0 Å². The number of rotatable bonds is 1. The average molecular weight is 204 g/mol. The second kappa shape index (κ2) is 3.75. The predicted molar refractivity (Wildman–Crippen MR) is 52.4 cm³/mol. The van der Waals surface area contributed by atoms with Gasteiger partial charge in [-0.3, -0.25) is 0 Å². The van der Waals surface area contributed by atoms with Crippen LogP contribution in [0.5, 0.6) is 0 Å². The molecule has 5 nitrogen and oxygen atoms in total. The number of aliphatic hydroxyl groups is 3. The third kappa shape index (κ3) is 1.45.